The number of rotatable bonds is 10. The second-order valence-electron chi connectivity index (χ2n) is 7.93. The van der Waals surface area contributed by atoms with Crippen LogP contribution in [0.3, 0.4) is 0 Å². The Bertz CT molecular complexity index is 1310. The zero-order valence-corrected chi connectivity index (χ0v) is 21.4. The van der Waals surface area contributed by atoms with Crippen LogP contribution in [0.2, 0.25) is 0 Å². The highest BCUT2D eigenvalue weighted by atomic mass is 79.9. The minimum Gasteiger partial charge on any atom is -0.493 e. The third-order valence-electron chi connectivity index (χ3n) is 5.28. The van der Waals surface area contributed by atoms with E-state index in [1.807, 2.05) is 97.1 Å². The molecule has 4 aromatic carbocycles. The first-order valence-electron chi connectivity index (χ1n) is 11.4. The predicted octanol–water partition coefficient (Wildman–Crippen LogP) is 7.27. The van der Waals surface area contributed by atoms with Crippen molar-refractivity contribution in [2.45, 2.75) is 13.2 Å². The van der Waals surface area contributed by atoms with Crippen LogP contribution in [0.4, 0.5) is 5.69 Å². The van der Waals surface area contributed by atoms with E-state index in [9.17, 15) is 4.79 Å². The molecule has 0 spiro atoms. The predicted molar refractivity (Wildman–Crippen MR) is 146 cm³/mol. The number of halogens is 1. The summed E-state index contributed by atoms with van der Waals surface area (Å²) in [7, 11) is 1.59. The molecule has 0 saturated carbocycles. The SMILES string of the molecule is COc1cc(C=CC(=O)Nc2ccc(OCc3ccccc3)cc2)cc(Br)c1OCc1ccccc1. The monoisotopic (exact) mass is 543 g/mol. The lowest BCUT2D eigenvalue weighted by Gasteiger charge is -2.13. The van der Waals surface area contributed by atoms with E-state index in [1.54, 1.807) is 13.2 Å². The number of carbonyl (C=O) groups excluding carboxylic acids is 1. The minimum atomic E-state index is -0.243. The van der Waals surface area contributed by atoms with Crippen LogP contribution >= 0.6 is 15.9 Å². The van der Waals surface area contributed by atoms with Crippen molar-refractivity contribution in [3.8, 4) is 17.2 Å². The van der Waals surface area contributed by atoms with E-state index in [1.165, 1.54) is 6.08 Å². The third kappa shape index (κ3) is 7.23. The first-order valence-corrected chi connectivity index (χ1v) is 12.2. The van der Waals surface area contributed by atoms with Crippen molar-refractivity contribution in [3.63, 3.8) is 0 Å². The van der Waals surface area contributed by atoms with Gasteiger partial charge in [0.25, 0.3) is 0 Å². The van der Waals surface area contributed by atoms with Crippen LogP contribution in [0, 0.1) is 0 Å². The van der Waals surface area contributed by atoms with Gasteiger partial charge in [-0.25, -0.2) is 0 Å². The van der Waals surface area contributed by atoms with Crippen molar-refractivity contribution in [2.24, 2.45) is 0 Å². The van der Waals surface area contributed by atoms with Gasteiger partial charge >= 0.3 is 0 Å². The maximum absolute atomic E-state index is 12.5. The molecule has 0 fully saturated rings. The normalized spacial score (nSPS) is 10.7. The molecule has 4 aromatic rings. The number of carbonyl (C=O) groups is 1. The fraction of sp³-hybridized carbons (Fsp3) is 0.100. The number of benzene rings is 4. The average Bonchev–Trinajstić information content (AvgIpc) is 2.92. The molecule has 0 bridgehead atoms. The van der Waals surface area contributed by atoms with Crippen molar-refractivity contribution in [1.29, 1.82) is 0 Å². The molecule has 0 heterocycles. The van der Waals surface area contributed by atoms with Gasteiger partial charge < -0.3 is 19.5 Å². The van der Waals surface area contributed by atoms with Gasteiger partial charge in [-0.05, 0) is 75.1 Å². The molecule has 36 heavy (non-hydrogen) atoms. The second kappa shape index (κ2) is 12.6. The smallest absolute Gasteiger partial charge is 0.248 e. The van der Waals surface area contributed by atoms with E-state index >= 15 is 0 Å². The fourth-order valence-electron chi connectivity index (χ4n) is 3.44. The molecule has 4 rings (SSSR count). The molecular weight excluding hydrogens is 518 g/mol. The maximum Gasteiger partial charge on any atom is 0.248 e. The lowest BCUT2D eigenvalue weighted by atomic mass is 10.2. The van der Waals surface area contributed by atoms with Gasteiger partial charge in [0, 0.05) is 11.8 Å². The molecule has 6 heteroatoms. The summed E-state index contributed by atoms with van der Waals surface area (Å²) in [6.45, 7) is 0.911. The molecule has 0 aliphatic rings. The van der Waals surface area contributed by atoms with Gasteiger partial charge in [0.15, 0.2) is 11.5 Å². The molecular formula is C30H26BrNO4. The van der Waals surface area contributed by atoms with Crippen LogP contribution in [0.15, 0.2) is 108 Å². The number of nitrogens with one attached hydrogen (secondary N) is 1. The van der Waals surface area contributed by atoms with Crippen LogP contribution in [-0.4, -0.2) is 13.0 Å². The van der Waals surface area contributed by atoms with Gasteiger partial charge in [-0.15, -0.1) is 0 Å². The van der Waals surface area contributed by atoms with Crippen LogP contribution < -0.4 is 19.5 Å². The Balaban J connectivity index is 1.33. The summed E-state index contributed by atoms with van der Waals surface area (Å²) in [5, 5.41) is 2.86. The Kier molecular flexibility index (Phi) is 8.78. The van der Waals surface area contributed by atoms with E-state index < -0.39 is 0 Å². The number of amides is 1. The quantitative estimate of drug-likeness (QED) is 0.214. The zero-order chi connectivity index (χ0) is 25.2. The van der Waals surface area contributed by atoms with E-state index in [0.29, 0.717) is 30.4 Å². The van der Waals surface area contributed by atoms with Crippen molar-refractivity contribution in [3.05, 3.63) is 124 Å². The number of hydrogen-bond acceptors (Lipinski definition) is 4. The number of hydrogen-bond donors (Lipinski definition) is 1. The summed E-state index contributed by atoms with van der Waals surface area (Å²) in [4.78, 5) is 12.5. The van der Waals surface area contributed by atoms with Crippen LogP contribution in [0.5, 0.6) is 17.2 Å². The van der Waals surface area contributed by atoms with Gasteiger partial charge in [-0.3, -0.25) is 4.79 Å². The van der Waals surface area contributed by atoms with E-state index in [2.05, 4.69) is 21.2 Å². The molecule has 0 aliphatic heterocycles. The Labute approximate surface area is 219 Å². The summed E-state index contributed by atoms with van der Waals surface area (Å²) in [6, 6.07) is 30.9. The molecule has 0 aromatic heterocycles. The summed E-state index contributed by atoms with van der Waals surface area (Å²) < 4.78 is 18.0. The van der Waals surface area contributed by atoms with Gasteiger partial charge in [0.2, 0.25) is 5.91 Å². The topological polar surface area (TPSA) is 56.8 Å². The lowest BCUT2D eigenvalue weighted by molar-refractivity contribution is -0.111. The Hall–Kier alpha value is -4.03. The van der Waals surface area contributed by atoms with Gasteiger partial charge in [-0.2, -0.15) is 0 Å². The molecule has 1 amide bonds. The Morgan fingerprint density at radius 2 is 1.44 bits per heavy atom. The highest BCUT2D eigenvalue weighted by Crippen LogP contribution is 2.37. The lowest BCUT2D eigenvalue weighted by Crippen LogP contribution is -2.07. The summed E-state index contributed by atoms with van der Waals surface area (Å²) in [6.07, 6.45) is 3.20. The summed E-state index contributed by atoms with van der Waals surface area (Å²) >= 11 is 3.56. The highest BCUT2D eigenvalue weighted by molar-refractivity contribution is 9.10. The molecule has 0 radical (unpaired) electrons. The molecule has 0 saturated heterocycles. The third-order valence-corrected chi connectivity index (χ3v) is 5.86. The standard InChI is InChI=1S/C30H26BrNO4/c1-34-28-19-24(18-27(31)30(28)36-21-23-10-6-3-7-11-23)12-17-29(33)32-25-13-15-26(16-14-25)35-20-22-8-4-2-5-9-22/h2-19H,20-21H2,1H3,(H,32,33). The summed E-state index contributed by atoms with van der Waals surface area (Å²) in [5.41, 5.74) is 3.63. The Morgan fingerprint density at radius 1 is 0.833 bits per heavy atom. The molecule has 0 atom stereocenters. The first kappa shape index (κ1) is 25.1. The van der Waals surface area contributed by atoms with Gasteiger partial charge in [0.1, 0.15) is 19.0 Å². The van der Waals surface area contributed by atoms with Crippen LogP contribution in [-0.2, 0) is 18.0 Å². The molecule has 5 nitrogen and oxygen atoms in total. The van der Waals surface area contributed by atoms with Crippen LogP contribution in [0.25, 0.3) is 6.08 Å². The van der Waals surface area contributed by atoms with Gasteiger partial charge in [-0.1, -0.05) is 60.7 Å². The van der Waals surface area contributed by atoms with Crippen molar-refractivity contribution >= 4 is 33.6 Å². The zero-order valence-electron chi connectivity index (χ0n) is 19.8. The van der Waals surface area contributed by atoms with Crippen molar-refractivity contribution < 1.29 is 19.0 Å². The Morgan fingerprint density at radius 3 is 2.06 bits per heavy atom. The van der Waals surface area contributed by atoms with Crippen LogP contribution in [0.1, 0.15) is 16.7 Å². The number of anilines is 1. The second-order valence-corrected chi connectivity index (χ2v) is 8.78. The molecule has 1 N–H and O–H groups in total. The summed E-state index contributed by atoms with van der Waals surface area (Å²) in [5.74, 6) is 1.68. The van der Waals surface area contributed by atoms with Gasteiger partial charge in [0.05, 0.1) is 11.6 Å². The molecule has 0 unspecified atom stereocenters. The highest BCUT2D eigenvalue weighted by Gasteiger charge is 2.11. The largest absolute Gasteiger partial charge is 0.493 e. The maximum atomic E-state index is 12.5. The van der Waals surface area contributed by atoms with E-state index in [-0.39, 0.29) is 5.91 Å². The average molecular weight is 544 g/mol. The number of ether oxygens (including phenoxy) is 3. The van der Waals surface area contributed by atoms with Crippen molar-refractivity contribution in [2.75, 3.05) is 12.4 Å². The number of methoxy groups -OCH3 is 1. The fourth-order valence-corrected chi connectivity index (χ4v) is 4.01. The molecule has 0 aliphatic carbocycles. The first-order chi connectivity index (χ1) is 17.6. The van der Waals surface area contributed by atoms with Crippen molar-refractivity contribution in [1.82, 2.24) is 0 Å². The van der Waals surface area contributed by atoms with E-state index in [0.717, 1.165) is 26.9 Å². The molecule has 182 valence electrons. The van der Waals surface area contributed by atoms with E-state index in [4.69, 9.17) is 14.2 Å². The minimum absolute atomic E-state index is 0.243.